The summed E-state index contributed by atoms with van der Waals surface area (Å²) in [5, 5.41) is 2.83. The fraction of sp³-hybridized carbons (Fsp3) is 0.143. The molecule has 2 aromatic rings. The van der Waals surface area contributed by atoms with Crippen LogP contribution < -0.4 is 5.32 Å². The van der Waals surface area contributed by atoms with Crippen LogP contribution in [0.5, 0.6) is 0 Å². The van der Waals surface area contributed by atoms with E-state index in [2.05, 4.69) is 16.9 Å². The molecular formula is C14H15N3OS. The van der Waals surface area contributed by atoms with Crippen molar-refractivity contribution in [3.63, 3.8) is 0 Å². The summed E-state index contributed by atoms with van der Waals surface area (Å²) in [6, 6.07) is 9.31. The van der Waals surface area contributed by atoms with Gasteiger partial charge in [0.1, 0.15) is 5.69 Å². The maximum atomic E-state index is 12.2. The normalized spacial score (nSPS) is 10.2. The average molecular weight is 273 g/mol. The van der Waals surface area contributed by atoms with Gasteiger partial charge >= 0.3 is 0 Å². The van der Waals surface area contributed by atoms with E-state index >= 15 is 0 Å². The average Bonchev–Trinajstić information content (AvgIpc) is 2.68. The highest BCUT2D eigenvalue weighted by atomic mass is 32.1. The molecule has 0 aliphatic heterocycles. The maximum Gasteiger partial charge on any atom is 0.273 e. The number of anilines is 1. The number of allylic oxidation sites excluding steroid dienone is 1. The first kappa shape index (κ1) is 13.3. The van der Waals surface area contributed by atoms with Crippen molar-refractivity contribution < 1.29 is 4.79 Å². The van der Waals surface area contributed by atoms with Crippen molar-refractivity contribution in [1.82, 2.24) is 9.55 Å². The lowest BCUT2D eigenvalue weighted by atomic mass is 10.3. The minimum absolute atomic E-state index is 0.197. The van der Waals surface area contributed by atoms with Gasteiger partial charge in [-0.25, -0.2) is 0 Å². The molecule has 4 nitrogen and oxygen atoms in total. The van der Waals surface area contributed by atoms with Gasteiger partial charge in [-0.15, -0.1) is 6.58 Å². The number of hydrogen-bond acceptors (Lipinski definition) is 2. The van der Waals surface area contributed by atoms with Gasteiger partial charge in [-0.05, 0) is 31.3 Å². The summed E-state index contributed by atoms with van der Waals surface area (Å²) < 4.78 is 2.36. The van der Waals surface area contributed by atoms with Crippen LogP contribution in [0.2, 0.25) is 0 Å². The largest absolute Gasteiger partial charge is 0.326 e. The number of H-pyrrole nitrogens is 1. The van der Waals surface area contributed by atoms with Gasteiger partial charge in [0.05, 0.1) is 0 Å². The molecule has 1 heterocycles. The van der Waals surface area contributed by atoms with E-state index in [4.69, 9.17) is 12.2 Å². The highest BCUT2D eigenvalue weighted by Crippen LogP contribution is 2.12. The second-order valence-corrected chi connectivity index (χ2v) is 4.50. The van der Waals surface area contributed by atoms with Crippen LogP contribution in [-0.2, 0) is 6.54 Å². The van der Waals surface area contributed by atoms with Crippen molar-refractivity contribution in [3.05, 3.63) is 59.1 Å². The van der Waals surface area contributed by atoms with Crippen molar-refractivity contribution in [3.8, 4) is 0 Å². The number of rotatable bonds is 4. The zero-order valence-electron chi connectivity index (χ0n) is 10.6. The smallest absolute Gasteiger partial charge is 0.273 e. The van der Waals surface area contributed by atoms with Crippen LogP contribution in [0.3, 0.4) is 0 Å². The quantitative estimate of drug-likeness (QED) is 0.663. The number of aromatic amines is 1. The van der Waals surface area contributed by atoms with E-state index in [1.165, 1.54) is 0 Å². The number of amides is 1. The molecule has 5 heteroatoms. The van der Waals surface area contributed by atoms with Crippen LogP contribution in [0.15, 0.2) is 43.0 Å². The second-order valence-electron chi connectivity index (χ2n) is 4.11. The van der Waals surface area contributed by atoms with Crippen LogP contribution in [0.1, 0.15) is 16.2 Å². The topological polar surface area (TPSA) is 49.8 Å². The van der Waals surface area contributed by atoms with Crippen LogP contribution in [-0.4, -0.2) is 15.5 Å². The highest BCUT2D eigenvalue weighted by Gasteiger charge is 2.14. The van der Waals surface area contributed by atoms with E-state index in [1.807, 2.05) is 41.8 Å². The SMILES string of the molecule is C=CCn1c(C)c(C(=O)Nc2ccccc2)[nH]c1=S. The zero-order chi connectivity index (χ0) is 13.8. The van der Waals surface area contributed by atoms with Crippen molar-refractivity contribution in [2.75, 3.05) is 5.32 Å². The Morgan fingerprint density at radius 3 is 2.79 bits per heavy atom. The van der Waals surface area contributed by atoms with Crippen LogP contribution in [0.4, 0.5) is 5.69 Å². The molecule has 19 heavy (non-hydrogen) atoms. The Morgan fingerprint density at radius 2 is 2.16 bits per heavy atom. The number of aromatic nitrogens is 2. The van der Waals surface area contributed by atoms with Gasteiger partial charge in [0, 0.05) is 17.9 Å². The third kappa shape index (κ3) is 2.82. The molecular weight excluding hydrogens is 258 g/mol. The lowest BCUT2D eigenvalue weighted by Crippen LogP contribution is -2.14. The molecule has 2 N–H and O–H groups in total. The molecule has 0 aliphatic carbocycles. The first-order chi connectivity index (χ1) is 9.13. The summed E-state index contributed by atoms with van der Waals surface area (Å²) in [6.45, 7) is 6.12. The van der Waals surface area contributed by atoms with Gasteiger partial charge < -0.3 is 14.9 Å². The Hall–Kier alpha value is -2.14. The van der Waals surface area contributed by atoms with E-state index in [-0.39, 0.29) is 5.91 Å². The molecule has 2 rings (SSSR count). The molecule has 0 aliphatic rings. The summed E-state index contributed by atoms with van der Waals surface area (Å²) in [5.74, 6) is -0.197. The molecule has 0 bridgehead atoms. The number of imidazole rings is 1. The first-order valence-corrected chi connectivity index (χ1v) is 6.31. The fourth-order valence-corrected chi connectivity index (χ4v) is 2.15. The zero-order valence-corrected chi connectivity index (χ0v) is 11.5. The summed E-state index contributed by atoms with van der Waals surface area (Å²) in [4.78, 5) is 15.1. The lowest BCUT2D eigenvalue weighted by Gasteiger charge is -2.05. The number of nitrogens with one attached hydrogen (secondary N) is 2. The van der Waals surface area contributed by atoms with Gasteiger partial charge in [0.25, 0.3) is 5.91 Å². The third-order valence-electron chi connectivity index (χ3n) is 2.81. The number of nitrogens with zero attached hydrogens (tertiary/aromatic N) is 1. The summed E-state index contributed by atoms with van der Waals surface area (Å²) >= 11 is 5.19. The minimum Gasteiger partial charge on any atom is -0.326 e. The third-order valence-corrected chi connectivity index (χ3v) is 3.14. The maximum absolute atomic E-state index is 12.2. The lowest BCUT2D eigenvalue weighted by molar-refractivity contribution is 0.102. The van der Waals surface area contributed by atoms with Crippen LogP contribution >= 0.6 is 12.2 Å². The van der Waals surface area contributed by atoms with Gasteiger partial charge in [-0.1, -0.05) is 24.3 Å². The Morgan fingerprint density at radius 1 is 1.47 bits per heavy atom. The van der Waals surface area contributed by atoms with E-state index < -0.39 is 0 Å². The van der Waals surface area contributed by atoms with E-state index in [0.29, 0.717) is 17.0 Å². The van der Waals surface area contributed by atoms with Crippen LogP contribution in [0, 0.1) is 11.7 Å². The van der Waals surface area contributed by atoms with Crippen molar-refractivity contribution in [2.45, 2.75) is 13.5 Å². The summed E-state index contributed by atoms with van der Waals surface area (Å²) in [5.41, 5.74) is 2.04. The van der Waals surface area contributed by atoms with Gasteiger partial charge in [0.15, 0.2) is 4.77 Å². The molecule has 0 fully saturated rings. The van der Waals surface area contributed by atoms with Gasteiger partial charge in [-0.2, -0.15) is 0 Å². The van der Waals surface area contributed by atoms with Gasteiger partial charge in [0.2, 0.25) is 0 Å². The minimum atomic E-state index is -0.197. The fourth-order valence-electron chi connectivity index (χ4n) is 1.84. The number of hydrogen-bond donors (Lipinski definition) is 2. The Kier molecular flexibility index (Phi) is 3.97. The molecule has 0 atom stereocenters. The van der Waals surface area contributed by atoms with Crippen molar-refractivity contribution >= 4 is 23.8 Å². The molecule has 0 saturated heterocycles. The number of benzene rings is 1. The Balaban J connectivity index is 2.27. The number of para-hydroxylation sites is 1. The molecule has 98 valence electrons. The Labute approximate surface area is 116 Å². The molecule has 1 aromatic heterocycles. The standard InChI is InChI=1S/C14H15N3OS/c1-3-9-17-10(2)12(16-14(17)19)13(18)15-11-7-5-4-6-8-11/h3-8H,1,9H2,2H3,(H,15,18)(H,16,19). The van der Waals surface area contributed by atoms with E-state index in [1.54, 1.807) is 6.08 Å². The monoisotopic (exact) mass is 273 g/mol. The second kappa shape index (κ2) is 5.67. The summed E-state index contributed by atoms with van der Waals surface area (Å²) in [7, 11) is 0. The predicted octanol–water partition coefficient (Wildman–Crippen LogP) is 3.29. The van der Waals surface area contributed by atoms with Crippen molar-refractivity contribution in [1.29, 1.82) is 0 Å². The Bertz CT molecular complexity index is 655. The van der Waals surface area contributed by atoms with Crippen LogP contribution in [0.25, 0.3) is 0 Å². The number of carbonyl (C=O) groups excluding carboxylic acids is 1. The van der Waals surface area contributed by atoms with Gasteiger partial charge in [-0.3, -0.25) is 4.79 Å². The molecule has 1 aromatic carbocycles. The number of carbonyl (C=O) groups is 1. The molecule has 0 saturated carbocycles. The molecule has 0 radical (unpaired) electrons. The molecule has 1 amide bonds. The van der Waals surface area contributed by atoms with Crippen molar-refractivity contribution in [2.24, 2.45) is 0 Å². The first-order valence-electron chi connectivity index (χ1n) is 5.90. The summed E-state index contributed by atoms with van der Waals surface area (Å²) in [6.07, 6.45) is 1.75. The van der Waals surface area contributed by atoms with E-state index in [0.717, 1.165) is 11.4 Å². The molecule has 0 spiro atoms. The predicted molar refractivity (Wildman–Crippen MR) is 78.9 cm³/mol. The highest BCUT2D eigenvalue weighted by molar-refractivity contribution is 7.71. The molecule has 0 unspecified atom stereocenters. The van der Waals surface area contributed by atoms with E-state index in [9.17, 15) is 4.79 Å².